The second-order valence-electron chi connectivity index (χ2n) is 4.15. The number of carbonyl (C=O) groups is 2. The highest BCUT2D eigenvalue weighted by Gasteiger charge is 2.35. The molecule has 1 atom stereocenters. The molecule has 0 radical (unpaired) electrons. The van der Waals surface area contributed by atoms with E-state index in [1.54, 1.807) is 0 Å². The van der Waals surface area contributed by atoms with Gasteiger partial charge in [0, 0.05) is 12.3 Å². The van der Waals surface area contributed by atoms with Gasteiger partial charge in [-0.1, -0.05) is 13.3 Å². The van der Waals surface area contributed by atoms with Crippen LogP contribution in [-0.4, -0.2) is 21.5 Å². The van der Waals surface area contributed by atoms with Gasteiger partial charge in [0.15, 0.2) is 11.6 Å². The Morgan fingerprint density at radius 1 is 1.41 bits per heavy atom. The smallest absolute Gasteiger partial charge is 0.263 e. The molecule has 1 aliphatic rings. The van der Waals surface area contributed by atoms with Gasteiger partial charge in [-0.15, -0.1) is 0 Å². The Morgan fingerprint density at radius 2 is 2.12 bits per heavy atom. The van der Waals surface area contributed by atoms with Crippen molar-refractivity contribution >= 4 is 17.5 Å². The Balaban J connectivity index is 2.57. The van der Waals surface area contributed by atoms with Crippen molar-refractivity contribution in [2.24, 2.45) is 5.92 Å². The summed E-state index contributed by atoms with van der Waals surface area (Å²) in [5.74, 6) is -1.11. The molecule has 6 nitrogen and oxygen atoms in total. The summed E-state index contributed by atoms with van der Waals surface area (Å²) in [6.45, 7) is 1.93. The fourth-order valence-electron chi connectivity index (χ4n) is 2.12. The first-order chi connectivity index (χ1) is 8.04. The standard InChI is InChI=1S/C11H13N3O3/c1-2-3-5-4-6(15)8-7(9(5)16)10(17)14-11(12)13-8/h5H,2-4H2,1H3,(H3,12,13,14,17). The molecule has 6 heteroatoms. The third kappa shape index (κ3) is 1.86. The van der Waals surface area contributed by atoms with Gasteiger partial charge in [-0.25, -0.2) is 4.98 Å². The van der Waals surface area contributed by atoms with E-state index in [1.807, 2.05) is 6.92 Å². The minimum Gasteiger partial charge on any atom is -0.369 e. The van der Waals surface area contributed by atoms with Crippen molar-refractivity contribution < 1.29 is 9.59 Å². The predicted octanol–water partition coefficient (Wildman–Crippen LogP) is 0.538. The van der Waals surface area contributed by atoms with Crippen LogP contribution >= 0.6 is 0 Å². The molecule has 2 rings (SSSR count). The number of nitrogen functional groups attached to an aromatic ring is 1. The van der Waals surface area contributed by atoms with Crippen molar-refractivity contribution in [3.05, 3.63) is 21.6 Å². The van der Waals surface area contributed by atoms with E-state index in [-0.39, 0.29) is 35.2 Å². The van der Waals surface area contributed by atoms with Crippen LogP contribution in [0.4, 0.5) is 5.95 Å². The van der Waals surface area contributed by atoms with Crippen molar-refractivity contribution in [1.82, 2.24) is 9.97 Å². The van der Waals surface area contributed by atoms with E-state index in [1.165, 1.54) is 0 Å². The lowest BCUT2D eigenvalue weighted by Crippen LogP contribution is -2.35. The molecule has 0 saturated heterocycles. The molecular formula is C11H13N3O3. The lowest BCUT2D eigenvalue weighted by atomic mass is 9.82. The number of hydrogen-bond donors (Lipinski definition) is 2. The number of carbonyl (C=O) groups excluding carboxylic acids is 2. The second-order valence-corrected chi connectivity index (χ2v) is 4.15. The Morgan fingerprint density at radius 3 is 2.76 bits per heavy atom. The van der Waals surface area contributed by atoms with Crippen molar-refractivity contribution in [2.45, 2.75) is 26.2 Å². The van der Waals surface area contributed by atoms with Gasteiger partial charge in [-0.2, -0.15) is 0 Å². The maximum absolute atomic E-state index is 12.0. The van der Waals surface area contributed by atoms with Crippen LogP contribution in [-0.2, 0) is 0 Å². The molecule has 90 valence electrons. The highest BCUT2D eigenvalue weighted by molar-refractivity contribution is 6.13. The van der Waals surface area contributed by atoms with Gasteiger partial charge in [-0.05, 0) is 6.42 Å². The summed E-state index contributed by atoms with van der Waals surface area (Å²) in [6.07, 6.45) is 1.52. The average molecular weight is 235 g/mol. The number of nitrogens with zero attached hydrogens (tertiary/aromatic N) is 1. The normalized spacial score (nSPS) is 19.2. The van der Waals surface area contributed by atoms with Gasteiger partial charge in [-0.3, -0.25) is 19.4 Å². The van der Waals surface area contributed by atoms with E-state index in [2.05, 4.69) is 9.97 Å². The molecule has 0 aromatic carbocycles. The molecule has 0 bridgehead atoms. The van der Waals surface area contributed by atoms with E-state index in [0.717, 1.165) is 6.42 Å². The molecule has 0 aliphatic heterocycles. The number of Topliss-reactive ketones (excluding diaryl/α,β-unsaturated/α-hetero) is 2. The summed E-state index contributed by atoms with van der Waals surface area (Å²) in [4.78, 5) is 41.5. The van der Waals surface area contributed by atoms with E-state index in [0.29, 0.717) is 6.42 Å². The number of nitrogens with one attached hydrogen (secondary N) is 1. The number of nitrogens with two attached hydrogens (primary N) is 1. The number of ketones is 2. The van der Waals surface area contributed by atoms with Crippen LogP contribution in [0.1, 0.15) is 47.0 Å². The molecule has 17 heavy (non-hydrogen) atoms. The first kappa shape index (κ1) is 11.5. The van der Waals surface area contributed by atoms with Crippen LogP contribution in [0.25, 0.3) is 0 Å². The summed E-state index contributed by atoms with van der Waals surface area (Å²) in [5, 5.41) is 0. The molecule has 1 heterocycles. The van der Waals surface area contributed by atoms with Gasteiger partial charge >= 0.3 is 0 Å². The lowest BCUT2D eigenvalue weighted by Gasteiger charge is -2.20. The zero-order chi connectivity index (χ0) is 12.6. The second kappa shape index (κ2) is 4.12. The number of aromatic amines is 1. The van der Waals surface area contributed by atoms with E-state index >= 15 is 0 Å². The quantitative estimate of drug-likeness (QED) is 0.778. The minimum absolute atomic E-state index is 0.0800. The topological polar surface area (TPSA) is 106 Å². The van der Waals surface area contributed by atoms with E-state index < -0.39 is 11.5 Å². The summed E-state index contributed by atoms with van der Waals surface area (Å²) in [5.41, 5.74) is 4.52. The third-order valence-electron chi connectivity index (χ3n) is 2.89. The first-order valence-electron chi connectivity index (χ1n) is 5.51. The Labute approximate surface area is 97.2 Å². The Kier molecular flexibility index (Phi) is 2.79. The zero-order valence-corrected chi connectivity index (χ0v) is 9.45. The van der Waals surface area contributed by atoms with Gasteiger partial charge in [0.1, 0.15) is 11.3 Å². The van der Waals surface area contributed by atoms with Gasteiger partial charge in [0.2, 0.25) is 5.95 Å². The lowest BCUT2D eigenvalue weighted by molar-refractivity contribution is 0.0810. The van der Waals surface area contributed by atoms with Crippen LogP contribution in [0.15, 0.2) is 4.79 Å². The Bertz CT molecular complexity index is 547. The Hall–Kier alpha value is -1.98. The predicted molar refractivity (Wildman–Crippen MR) is 60.9 cm³/mol. The molecule has 0 fully saturated rings. The molecule has 0 amide bonds. The van der Waals surface area contributed by atoms with Crippen LogP contribution in [0.5, 0.6) is 0 Å². The monoisotopic (exact) mass is 235 g/mol. The van der Waals surface area contributed by atoms with Crippen molar-refractivity contribution in [2.75, 3.05) is 5.73 Å². The average Bonchev–Trinajstić information content (AvgIpc) is 2.25. The summed E-state index contributed by atoms with van der Waals surface area (Å²) in [6, 6.07) is 0. The number of hydrogen-bond acceptors (Lipinski definition) is 5. The number of anilines is 1. The summed E-state index contributed by atoms with van der Waals surface area (Å²) in [7, 11) is 0. The number of fused-ring (bicyclic) bond motifs is 1. The van der Waals surface area contributed by atoms with Gasteiger partial charge in [0.05, 0.1) is 0 Å². The maximum Gasteiger partial charge on any atom is 0.263 e. The highest BCUT2D eigenvalue weighted by atomic mass is 16.2. The van der Waals surface area contributed by atoms with E-state index in [9.17, 15) is 14.4 Å². The molecular weight excluding hydrogens is 222 g/mol. The van der Waals surface area contributed by atoms with E-state index in [4.69, 9.17) is 5.73 Å². The maximum atomic E-state index is 12.0. The summed E-state index contributed by atoms with van der Waals surface area (Å²) < 4.78 is 0. The fraction of sp³-hybridized carbons (Fsp3) is 0.455. The fourth-order valence-corrected chi connectivity index (χ4v) is 2.12. The molecule has 1 aromatic heterocycles. The minimum atomic E-state index is -0.619. The number of H-pyrrole nitrogens is 1. The molecule has 0 saturated carbocycles. The first-order valence-corrected chi connectivity index (χ1v) is 5.51. The molecule has 1 unspecified atom stereocenters. The summed E-state index contributed by atoms with van der Waals surface area (Å²) >= 11 is 0. The highest BCUT2D eigenvalue weighted by Crippen LogP contribution is 2.25. The van der Waals surface area contributed by atoms with Gasteiger partial charge in [0.25, 0.3) is 5.56 Å². The molecule has 3 N–H and O–H groups in total. The van der Waals surface area contributed by atoms with Crippen LogP contribution in [0, 0.1) is 5.92 Å². The number of aromatic nitrogens is 2. The van der Waals surface area contributed by atoms with Crippen LogP contribution in [0.2, 0.25) is 0 Å². The molecule has 1 aliphatic carbocycles. The van der Waals surface area contributed by atoms with Gasteiger partial charge < -0.3 is 5.73 Å². The zero-order valence-electron chi connectivity index (χ0n) is 9.45. The molecule has 0 spiro atoms. The van der Waals surface area contributed by atoms with Crippen LogP contribution < -0.4 is 11.3 Å². The largest absolute Gasteiger partial charge is 0.369 e. The number of rotatable bonds is 2. The van der Waals surface area contributed by atoms with Crippen molar-refractivity contribution in [1.29, 1.82) is 0 Å². The third-order valence-corrected chi connectivity index (χ3v) is 2.89. The van der Waals surface area contributed by atoms with Crippen LogP contribution in [0.3, 0.4) is 0 Å². The van der Waals surface area contributed by atoms with Crippen molar-refractivity contribution in [3.8, 4) is 0 Å². The van der Waals surface area contributed by atoms with Crippen molar-refractivity contribution in [3.63, 3.8) is 0 Å². The SMILES string of the molecule is CCCC1CC(=O)c2nc(N)[nH]c(=O)c2C1=O. The molecule has 1 aromatic rings.